The highest BCUT2D eigenvalue weighted by atomic mass is 35.5. The molecular weight excluding hydrogens is 475 g/mol. The summed E-state index contributed by atoms with van der Waals surface area (Å²) in [5.74, 6) is 0.271. The summed E-state index contributed by atoms with van der Waals surface area (Å²) in [7, 11) is -2.41. The Balaban J connectivity index is 2.21. The average molecular weight is 496 g/mol. The lowest BCUT2D eigenvalue weighted by atomic mass is 10.2. The number of carbonyl (C=O) groups excluding carboxylic acids is 1. The van der Waals surface area contributed by atoms with E-state index in [2.05, 4.69) is 4.72 Å². The van der Waals surface area contributed by atoms with Gasteiger partial charge in [0.25, 0.3) is 0 Å². The van der Waals surface area contributed by atoms with E-state index in [0.29, 0.717) is 23.7 Å². The first-order valence-corrected chi connectivity index (χ1v) is 12.6. The molecular formula is C19H21Cl3N2O3S2. The SMILES string of the molecule is CSCCC(NS(=O)(=O)c1cc(Cl)ccc1Cl)C(=O)N(C)Cc1ccc(Cl)cc1. The summed E-state index contributed by atoms with van der Waals surface area (Å²) in [5, 5.41) is 0.876. The number of benzene rings is 2. The van der Waals surface area contributed by atoms with E-state index >= 15 is 0 Å². The lowest BCUT2D eigenvalue weighted by Crippen LogP contribution is -2.47. The molecule has 0 heterocycles. The van der Waals surface area contributed by atoms with E-state index in [-0.39, 0.29) is 20.8 Å². The van der Waals surface area contributed by atoms with Crippen molar-refractivity contribution in [3.63, 3.8) is 0 Å². The van der Waals surface area contributed by atoms with Gasteiger partial charge in [-0.2, -0.15) is 16.5 Å². The van der Waals surface area contributed by atoms with Crippen molar-refractivity contribution in [1.29, 1.82) is 0 Å². The monoisotopic (exact) mass is 494 g/mol. The maximum absolute atomic E-state index is 13.0. The van der Waals surface area contributed by atoms with Crippen molar-refractivity contribution < 1.29 is 13.2 Å². The third-order valence-electron chi connectivity index (χ3n) is 4.10. The number of amides is 1. The molecule has 2 aromatic carbocycles. The Morgan fingerprint density at radius 2 is 1.72 bits per heavy atom. The highest BCUT2D eigenvalue weighted by Gasteiger charge is 2.29. The van der Waals surface area contributed by atoms with Gasteiger partial charge < -0.3 is 4.90 Å². The summed E-state index contributed by atoms with van der Waals surface area (Å²) in [6.07, 6.45) is 2.23. The number of carbonyl (C=O) groups is 1. The number of nitrogens with one attached hydrogen (secondary N) is 1. The highest BCUT2D eigenvalue weighted by molar-refractivity contribution is 7.98. The van der Waals surface area contributed by atoms with Crippen LogP contribution in [0, 0.1) is 0 Å². The van der Waals surface area contributed by atoms with Gasteiger partial charge >= 0.3 is 0 Å². The number of hydrogen-bond acceptors (Lipinski definition) is 4. The fraction of sp³-hybridized carbons (Fsp3) is 0.316. The molecule has 1 atom stereocenters. The summed E-state index contributed by atoms with van der Waals surface area (Å²) in [5.41, 5.74) is 0.884. The van der Waals surface area contributed by atoms with E-state index < -0.39 is 16.1 Å². The lowest BCUT2D eigenvalue weighted by molar-refractivity contribution is -0.132. The molecule has 0 fully saturated rings. The molecule has 1 N–H and O–H groups in total. The first-order chi connectivity index (χ1) is 13.6. The van der Waals surface area contributed by atoms with Gasteiger partial charge in [-0.3, -0.25) is 4.79 Å². The first-order valence-electron chi connectivity index (χ1n) is 8.60. The van der Waals surface area contributed by atoms with Crippen LogP contribution in [0.2, 0.25) is 15.1 Å². The van der Waals surface area contributed by atoms with Gasteiger partial charge in [0.1, 0.15) is 10.9 Å². The maximum atomic E-state index is 13.0. The predicted molar refractivity (Wildman–Crippen MR) is 121 cm³/mol. The normalized spacial score (nSPS) is 12.6. The van der Waals surface area contributed by atoms with Crippen LogP contribution in [0.3, 0.4) is 0 Å². The van der Waals surface area contributed by atoms with Gasteiger partial charge in [-0.15, -0.1) is 0 Å². The largest absolute Gasteiger partial charge is 0.340 e. The van der Waals surface area contributed by atoms with Crippen LogP contribution in [0.15, 0.2) is 47.4 Å². The van der Waals surface area contributed by atoms with Crippen molar-refractivity contribution >= 4 is 62.5 Å². The highest BCUT2D eigenvalue weighted by Crippen LogP contribution is 2.25. The molecule has 0 spiro atoms. The van der Waals surface area contributed by atoms with Crippen molar-refractivity contribution in [3.8, 4) is 0 Å². The molecule has 0 aliphatic heterocycles. The maximum Gasteiger partial charge on any atom is 0.242 e. The van der Waals surface area contributed by atoms with Gasteiger partial charge in [-0.25, -0.2) is 8.42 Å². The Morgan fingerprint density at radius 1 is 1.10 bits per heavy atom. The fourth-order valence-electron chi connectivity index (χ4n) is 2.61. The summed E-state index contributed by atoms with van der Waals surface area (Å²) >= 11 is 19.4. The Bertz CT molecular complexity index is 954. The van der Waals surface area contributed by atoms with Gasteiger partial charge in [-0.1, -0.05) is 46.9 Å². The molecule has 0 aliphatic rings. The third-order valence-corrected chi connectivity index (χ3v) is 7.18. The zero-order valence-electron chi connectivity index (χ0n) is 15.9. The Morgan fingerprint density at radius 3 is 2.34 bits per heavy atom. The van der Waals surface area contributed by atoms with Crippen molar-refractivity contribution in [3.05, 3.63) is 63.1 Å². The summed E-state index contributed by atoms with van der Waals surface area (Å²) in [6.45, 7) is 0.325. The molecule has 0 radical (unpaired) electrons. The second kappa shape index (κ2) is 10.9. The second-order valence-electron chi connectivity index (χ2n) is 6.35. The van der Waals surface area contributed by atoms with Crippen LogP contribution in [0.25, 0.3) is 0 Å². The van der Waals surface area contributed by atoms with Crippen molar-refractivity contribution in [2.75, 3.05) is 19.1 Å². The first kappa shape index (κ1) is 24.3. The second-order valence-corrected chi connectivity index (χ2v) is 10.3. The molecule has 0 saturated carbocycles. The van der Waals surface area contributed by atoms with Crippen LogP contribution in [-0.4, -0.2) is 44.3 Å². The van der Waals surface area contributed by atoms with Gasteiger partial charge in [0.15, 0.2) is 0 Å². The molecule has 0 bridgehead atoms. The number of hydrogen-bond donors (Lipinski definition) is 1. The number of thioether (sulfide) groups is 1. The van der Waals surface area contributed by atoms with Gasteiger partial charge in [0.2, 0.25) is 15.9 Å². The van der Waals surface area contributed by atoms with Gasteiger partial charge in [0, 0.05) is 23.6 Å². The van der Waals surface area contributed by atoms with E-state index in [4.69, 9.17) is 34.8 Å². The summed E-state index contributed by atoms with van der Waals surface area (Å²) in [4.78, 5) is 14.3. The quantitative estimate of drug-likeness (QED) is 0.547. The minimum Gasteiger partial charge on any atom is -0.340 e. The minimum absolute atomic E-state index is 0.0347. The lowest BCUT2D eigenvalue weighted by Gasteiger charge is -2.25. The number of likely N-dealkylation sites (N-methyl/N-ethyl adjacent to an activating group) is 1. The van der Waals surface area contributed by atoms with Crippen LogP contribution in [0.4, 0.5) is 0 Å². The van der Waals surface area contributed by atoms with E-state index in [1.54, 1.807) is 19.2 Å². The Kier molecular flexibility index (Phi) is 9.13. The molecule has 1 amide bonds. The van der Waals surface area contributed by atoms with Crippen LogP contribution in [0.1, 0.15) is 12.0 Å². The molecule has 2 aromatic rings. The number of rotatable bonds is 9. The number of halogens is 3. The molecule has 2 rings (SSSR count). The summed E-state index contributed by atoms with van der Waals surface area (Å²) in [6, 6.07) is 10.4. The molecule has 10 heteroatoms. The van der Waals surface area contributed by atoms with E-state index in [1.165, 1.54) is 34.9 Å². The van der Waals surface area contributed by atoms with Crippen molar-refractivity contribution in [2.45, 2.75) is 23.9 Å². The van der Waals surface area contributed by atoms with Gasteiger partial charge in [-0.05, 0) is 54.3 Å². The molecule has 158 valence electrons. The third kappa shape index (κ3) is 7.05. The van der Waals surface area contributed by atoms with Crippen molar-refractivity contribution in [2.24, 2.45) is 0 Å². The molecule has 1 unspecified atom stereocenters. The minimum atomic E-state index is -4.04. The van der Waals surface area contributed by atoms with Crippen molar-refractivity contribution in [1.82, 2.24) is 9.62 Å². The van der Waals surface area contributed by atoms with E-state index in [1.807, 2.05) is 18.4 Å². The van der Waals surface area contributed by atoms with Crippen LogP contribution < -0.4 is 4.72 Å². The Hall–Kier alpha value is -0.960. The average Bonchev–Trinajstić information content (AvgIpc) is 2.68. The van der Waals surface area contributed by atoms with Crippen LogP contribution in [0.5, 0.6) is 0 Å². The molecule has 0 saturated heterocycles. The number of sulfonamides is 1. The topological polar surface area (TPSA) is 66.5 Å². The predicted octanol–water partition coefficient (Wildman–Crippen LogP) is 4.71. The molecule has 0 aliphatic carbocycles. The van der Waals surface area contributed by atoms with Crippen LogP contribution >= 0.6 is 46.6 Å². The van der Waals surface area contributed by atoms with Gasteiger partial charge in [0.05, 0.1) is 5.02 Å². The Labute approximate surface area is 190 Å². The standard InChI is InChI=1S/C19H21Cl3N2O3S2/c1-24(12-13-3-5-14(20)6-4-13)19(25)17(9-10-28-2)23-29(26,27)18-11-15(21)7-8-16(18)22/h3-8,11,17,23H,9-10,12H2,1-2H3. The van der Waals surface area contributed by atoms with E-state index in [0.717, 1.165) is 5.56 Å². The molecule has 0 aromatic heterocycles. The molecule has 29 heavy (non-hydrogen) atoms. The smallest absolute Gasteiger partial charge is 0.242 e. The zero-order valence-corrected chi connectivity index (χ0v) is 19.8. The zero-order chi connectivity index (χ0) is 21.6. The molecule has 5 nitrogen and oxygen atoms in total. The summed E-state index contributed by atoms with van der Waals surface area (Å²) < 4.78 is 28.2. The van der Waals surface area contributed by atoms with E-state index in [9.17, 15) is 13.2 Å². The fourth-order valence-corrected chi connectivity index (χ4v) is 5.19. The number of nitrogens with zero attached hydrogens (tertiary/aromatic N) is 1. The van der Waals surface area contributed by atoms with Crippen LogP contribution in [-0.2, 0) is 21.4 Å².